The van der Waals surface area contributed by atoms with Crippen molar-refractivity contribution < 1.29 is 9.21 Å². The molecule has 0 saturated heterocycles. The van der Waals surface area contributed by atoms with Crippen molar-refractivity contribution in [2.24, 2.45) is 0 Å². The number of rotatable bonds is 6. The standard InChI is InChI=1S/C13H22N2O2/c1-6-15(10(2)9-14(4)5)13-8-7-12(17-13)11(3)16/h7-8,10H,6,9H2,1-5H3. The Bertz CT molecular complexity index is 371. The monoisotopic (exact) mass is 238 g/mol. The fourth-order valence-electron chi connectivity index (χ4n) is 1.98. The van der Waals surface area contributed by atoms with E-state index in [9.17, 15) is 4.79 Å². The van der Waals surface area contributed by atoms with Gasteiger partial charge in [-0.2, -0.15) is 0 Å². The SMILES string of the molecule is CCN(c1ccc(C(C)=O)o1)C(C)CN(C)C. The molecule has 1 heterocycles. The average molecular weight is 238 g/mol. The number of nitrogens with zero attached hydrogens (tertiary/aromatic N) is 2. The Morgan fingerprint density at radius 3 is 2.47 bits per heavy atom. The van der Waals surface area contributed by atoms with Gasteiger partial charge in [-0.05, 0) is 34.0 Å². The minimum absolute atomic E-state index is 0.0347. The van der Waals surface area contributed by atoms with Crippen molar-refractivity contribution in [2.75, 3.05) is 32.1 Å². The summed E-state index contributed by atoms with van der Waals surface area (Å²) in [5, 5.41) is 0. The molecule has 96 valence electrons. The van der Waals surface area contributed by atoms with E-state index in [1.165, 1.54) is 6.92 Å². The van der Waals surface area contributed by atoms with E-state index in [0.29, 0.717) is 11.8 Å². The van der Waals surface area contributed by atoms with Gasteiger partial charge in [-0.3, -0.25) is 4.79 Å². The maximum atomic E-state index is 11.2. The van der Waals surface area contributed by atoms with Gasteiger partial charge in [0.15, 0.2) is 17.4 Å². The van der Waals surface area contributed by atoms with Crippen LogP contribution < -0.4 is 4.90 Å². The van der Waals surface area contributed by atoms with Gasteiger partial charge in [0.1, 0.15) is 0 Å². The van der Waals surface area contributed by atoms with Crippen LogP contribution in [0.5, 0.6) is 0 Å². The third kappa shape index (κ3) is 3.60. The molecule has 1 aromatic rings. The van der Waals surface area contributed by atoms with Gasteiger partial charge in [0.2, 0.25) is 0 Å². The van der Waals surface area contributed by atoms with E-state index < -0.39 is 0 Å². The normalized spacial score (nSPS) is 12.8. The average Bonchev–Trinajstić information content (AvgIpc) is 2.66. The van der Waals surface area contributed by atoms with Crippen molar-refractivity contribution in [3.05, 3.63) is 17.9 Å². The quantitative estimate of drug-likeness (QED) is 0.712. The van der Waals surface area contributed by atoms with E-state index in [1.807, 2.05) is 20.2 Å². The molecule has 0 aliphatic carbocycles. The summed E-state index contributed by atoms with van der Waals surface area (Å²) in [6.07, 6.45) is 0. The van der Waals surface area contributed by atoms with Crippen molar-refractivity contribution in [3.8, 4) is 0 Å². The van der Waals surface area contributed by atoms with Crippen LogP contribution in [0.15, 0.2) is 16.5 Å². The van der Waals surface area contributed by atoms with Crippen LogP contribution in [-0.4, -0.2) is 43.9 Å². The molecule has 0 aliphatic rings. The van der Waals surface area contributed by atoms with Crippen LogP contribution in [-0.2, 0) is 0 Å². The third-order valence-electron chi connectivity index (χ3n) is 2.72. The molecular formula is C13H22N2O2. The number of furan rings is 1. The fraction of sp³-hybridized carbons (Fsp3) is 0.615. The number of Topliss-reactive ketones (excluding diaryl/α,β-unsaturated/α-hetero) is 1. The van der Waals surface area contributed by atoms with Crippen molar-refractivity contribution in [1.29, 1.82) is 0 Å². The maximum Gasteiger partial charge on any atom is 0.196 e. The van der Waals surface area contributed by atoms with Gasteiger partial charge >= 0.3 is 0 Å². The first-order chi connectivity index (χ1) is 7.95. The van der Waals surface area contributed by atoms with Crippen molar-refractivity contribution in [1.82, 2.24) is 4.90 Å². The first-order valence-corrected chi connectivity index (χ1v) is 5.97. The van der Waals surface area contributed by atoms with E-state index in [2.05, 4.69) is 23.6 Å². The summed E-state index contributed by atoms with van der Waals surface area (Å²) in [4.78, 5) is 15.5. The van der Waals surface area contributed by atoms with Gasteiger partial charge in [-0.15, -0.1) is 0 Å². The molecular weight excluding hydrogens is 216 g/mol. The molecule has 0 N–H and O–H groups in total. The molecule has 1 aromatic heterocycles. The summed E-state index contributed by atoms with van der Waals surface area (Å²) in [7, 11) is 4.10. The summed E-state index contributed by atoms with van der Waals surface area (Å²) in [5.74, 6) is 1.16. The van der Waals surface area contributed by atoms with Crippen LogP contribution in [0, 0.1) is 0 Å². The molecule has 1 unspecified atom stereocenters. The van der Waals surface area contributed by atoms with Gasteiger partial charge in [0.25, 0.3) is 0 Å². The summed E-state index contributed by atoms with van der Waals surface area (Å²) < 4.78 is 5.56. The summed E-state index contributed by atoms with van der Waals surface area (Å²) in [6.45, 7) is 7.56. The Kier molecular flexibility index (Phi) is 4.75. The molecule has 4 heteroatoms. The highest BCUT2D eigenvalue weighted by molar-refractivity contribution is 5.91. The Morgan fingerprint density at radius 2 is 2.06 bits per heavy atom. The second-order valence-electron chi connectivity index (χ2n) is 4.59. The molecule has 0 aliphatic heterocycles. The molecule has 1 rings (SSSR count). The highest BCUT2D eigenvalue weighted by Crippen LogP contribution is 2.21. The number of hydrogen-bond donors (Lipinski definition) is 0. The Balaban J connectivity index is 2.81. The highest BCUT2D eigenvalue weighted by Gasteiger charge is 2.17. The Morgan fingerprint density at radius 1 is 1.41 bits per heavy atom. The lowest BCUT2D eigenvalue weighted by molar-refractivity contribution is 0.0987. The number of hydrogen-bond acceptors (Lipinski definition) is 4. The zero-order valence-electron chi connectivity index (χ0n) is 11.4. The van der Waals surface area contributed by atoms with E-state index in [4.69, 9.17) is 4.42 Å². The summed E-state index contributed by atoms with van der Waals surface area (Å²) in [6, 6.07) is 3.95. The fourth-order valence-corrected chi connectivity index (χ4v) is 1.98. The van der Waals surface area contributed by atoms with Crippen LogP contribution in [0.1, 0.15) is 31.3 Å². The van der Waals surface area contributed by atoms with Crippen LogP contribution in [0.25, 0.3) is 0 Å². The second-order valence-corrected chi connectivity index (χ2v) is 4.59. The molecule has 17 heavy (non-hydrogen) atoms. The first kappa shape index (κ1) is 13.8. The Hall–Kier alpha value is -1.29. The van der Waals surface area contributed by atoms with Crippen LogP contribution in [0.2, 0.25) is 0 Å². The molecule has 0 bridgehead atoms. The highest BCUT2D eigenvalue weighted by atomic mass is 16.4. The van der Waals surface area contributed by atoms with Gasteiger partial charge in [-0.1, -0.05) is 0 Å². The summed E-state index contributed by atoms with van der Waals surface area (Å²) >= 11 is 0. The zero-order valence-corrected chi connectivity index (χ0v) is 11.4. The first-order valence-electron chi connectivity index (χ1n) is 5.97. The van der Waals surface area contributed by atoms with Crippen LogP contribution in [0.4, 0.5) is 5.88 Å². The lowest BCUT2D eigenvalue weighted by atomic mass is 10.2. The number of carbonyl (C=O) groups is 1. The van der Waals surface area contributed by atoms with E-state index in [-0.39, 0.29) is 5.78 Å². The molecule has 0 saturated carbocycles. The van der Waals surface area contributed by atoms with Gasteiger partial charge < -0.3 is 14.2 Å². The maximum absolute atomic E-state index is 11.2. The number of likely N-dealkylation sites (N-methyl/N-ethyl adjacent to an activating group) is 2. The van der Waals surface area contributed by atoms with Crippen molar-refractivity contribution in [2.45, 2.75) is 26.8 Å². The van der Waals surface area contributed by atoms with E-state index >= 15 is 0 Å². The minimum Gasteiger partial charge on any atom is -0.437 e. The molecule has 0 spiro atoms. The molecule has 0 aromatic carbocycles. The number of carbonyl (C=O) groups excluding carboxylic acids is 1. The minimum atomic E-state index is -0.0347. The lowest BCUT2D eigenvalue weighted by Crippen LogP contribution is -2.39. The van der Waals surface area contributed by atoms with Gasteiger partial charge in [0.05, 0.1) is 0 Å². The number of anilines is 1. The zero-order chi connectivity index (χ0) is 13.0. The predicted octanol–water partition coefficient (Wildman–Crippen LogP) is 2.26. The van der Waals surface area contributed by atoms with Crippen LogP contribution in [0.3, 0.4) is 0 Å². The third-order valence-corrected chi connectivity index (χ3v) is 2.72. The number of ketones is 1. The molecule has 0 fully saturated rings. The molecule has 0 amide bonds. The van der Waals surface area contributed by atoms with Crippen LogP contribution >= 0.6 is 0 Å². The second kappa shape index (κ2) is 5.87. The molecule has 0 radical (unpaired) electrons. The predicted molar refractivity (Wildman–Crippen MR) is 69.7 cm³/mol. The topological polar surface area (TPSA) is 36.7 Å². The van der Waals surface area contributed by atoms with Gasteiger partial charge in [0, 0.05) is 32.1 Å². The van der Waals surface area contributed by atoms with E-state index in [1.54, 1.807) is 6.07 Å². The van der Waals surface area contributed by atoms with Crippen molar-refractivity contribution >= 4 is 11.7 Å². The summed E-state index contributed by atoms with van der Waals surface area (Å²) in [5.41, 5.74) is 0. The molecule has 4 nitrogen and oxygen atoms in total. The van der Waals surface area contributed by atoms with Gasteiger partial charge in [-0.25, -0.2) is 0 Å². The smallest absolute Gasteiger partial charge is 0.196 e. The Labute approximate surface area is 103 Å². The van der Waals surface area contributed by atoms with E-state index in [0.717, 1.165) is 19.0 Å². The lowest BCUT2D eigenvalue weighted by Gasteiger charge is -2.29. The molecule has 1 atom stereocenters. The van der Waals surface area contributed by atoms with Crippen molar-refractivity contribution in [3.63, 3.8) is 0 Å². The largest absolute Gasteiger partial charge is 0.437 e.